The van der Waals surface area contributed by atoms with Crippen LogP contribution >= 0.6 is 23.4 Å². The zero-order valence-electron chi connectivity index (χ0n) is 13.3. The first-order valence-electron chi connectivity index (χ1n) is 7.76. The van der Waals surface area contributed by atoms with E-state index >= 15 is 0 Å². The Labute approximate surface area is 137 Å². The molecule has 120 valence electrons. The molecule has 0 spiro atoms. The van der Waals surface area contributed by atoms with E-state index < -0.39 is 0 Å². The van der Waals surface area contributed by atoms with Gasteiger partial charge in [-0.05, 0) is 34.0 Å². The standard InChI is InChI=1S/C15H27ClN4S/c1-17-14(11-21-12-6-4-5-7-12)15-13(16)10-18-20(15)9-8-19(2)3/h10,12,14,17H,4-9,11H2,1-3H3. The van der Waals surface area contributed by atoms with Gasteiger partial charge in [-0.15, -0.1) is 0 Å². The Hall–Kier alpha value is -0.230. The zero-order chi connectivity index (χ0) is 15.2. The van der Waals surface area contributed by atoms with Gasteiger partial charge in [-0.25, -0.2) is 0 Å². The normalized spacial score (nSPS) is 17.8. The van der Waals surface area contributed by atoms with Crippen LogP contribution in [0, 0.1) is 0 Å². The number of aromatic nitrogens is 2. The number of hydrogen-bond acceptors (Lipinski definition) is 4. The fourth-order valence-corrected chi connectivity index (χ4v) is 4.51. The highest BCUT2D eigenvalue weighted by Crippen LogP contribution is 2.33. The van der Waals surface area contributed by atoms with E-state index in [9.17, 15) is 0 Å². The van der Waals surface area contributed by atoms with Gasteiger partial charge in [0.1, 0.15) is 0 Å². The number of nitrogens with zero attached hydrogens (tertiary/aromatic N) is 3. The van der Waals surface area contributed by atoms with Gasteiger partial charge in [0.05, 0.1) is 29.5 Å². The minimum atomic E-state index is 0.271. The lowest BCUT2D eigenvalue weighted by atomic mass is 10.2. The molecule has 6 heteroatoms. The molecule has 0 saturated heterocycles. The quantitative estimate of drug-likeness (QED) is 0.794. The summed E-state index contributed by atoms with van der Waals surface area (Å²) in [5.41, 5.74) is 1.13. The third kappa shape index (κ3) is 4.88. The number of hydrogen-bond donors (Lipinski definition) is 1. The van der Waals surface area contributed by atoms with Crippen LogP contribution in [0.1, 0.15) is 37.4 Å². The minimum Gasteiger partial charge on any atom is -0.311 e. The van der Waals surface area contributed by atoms with E-state index in [0.717, 1.165) is 34.8 Å². The predicted molar refractivity (Wildman–Crippen MR) is 92.3 cm³/mol. The Morgan fingerprint density at radius 2 is 2.19 bits per heavy atom. The van der Waals surface area contributed by atoms with Crippen LogP contribution in [0.5, 0.6) is 0 Å². The average molecular weight is 331 g/mol. The highest BCUT2D eigenvalue weighted by atomic mass is 35.5. The molecule has 1 aromatic rings. The van der Waals surface area contributed by atoms with Crippen LogP contribution in [0.3, 0.4) is 0 Å². The van der Waals surface area contributed by atoms with Gasteiger partial charge in [0, 0.05) is 17.5 Å². The molecule has 1 atom stereocenters. The van der Waals surface area contributed by atoms with Crippen molar-refractivity contribution in [1.29, 1.82) is 0 Å². The van der Waals surface area contributed by atoms with E-state index in [-0.39, 0.29) is 6.04 Å². The number of nitrogens with one attached hydrogen (secondary N) is 1. The van der Waals surface area contributed by atoms with Crippen LogP contribution in [0.25, 0.3) is 0 Å². The molecule has 2 rings (SSSR count). The molecule has 1 aromatic heterocycles. The van der Waals surface area contributed by atoms with E-state index in [1.165, 1.54) is 25.7 Å². The summed E-state index contributed by atoms with van der Waals surface area (Å²) in [5, 5.41) is 9.47. The highest BCUT2D eigenvalue weighted by molar-refractivity contribution is 7.99. The zero-order valence-corrected chi connectivity index (χ0v) is 14.9. The van der Waals surface area contributed by atoms with Crippen molar-refractivity contribution in [3.63, 3.8) is 0 Å². The van der Waals surface area contributed by atoms with Gasteiger partial charge in [0.15, 0.2) is 0 Å². The maximum Gasteiger partial charge on any atom is 0.0834 e. The van der Waals surface area contributed by atoms with Crippen molar-refractivity contribution in [3.8, 4) is 0 Å². The Kier molecular flexibility index (Phi) is 6.86. The number of likely N-dealkylation sites (N-methyl/N-ethyl adjacent to an activating group) is 1. The van der Waals surface area contributed by atoms with Crippen molar-refractivity contribution < 1.29 is 0 Å². The molecule has 1 aliphatic rings. The van der Waals surface area contributed by atoms with E-state index in [4.69, 9.17) is 11.6 Å². The topological polar surface area (TPSA) is 33.1 Å². The summed E-state index contributed by atoms with van der Waals surface area (Å²) in [4.78, 5) is 2.17. The first-order valence-corrected chi connectivity index (χ1v) is 9.19. The smallest absolute Gasteiger partial charge is 0.0834 e. The number of thioether (sulfide) groups is 1. The molecular formula is C15H27ClN4S. The van der Waals surface area contributed by atoms with Crippen LogP contribution in [0.2, 0.25) is 5.02 Å². The van der Waals surface area contributed by atoms with Crippen molar-refractivity contribution in [3.05, 3.63) is 16.9 Å². The fourth-order valence-electron chi connectivity index (χ4n) is 2.78. The summed E-state index contributed by atoms with van der Waals surface area (Å²) in [6, 6.07) is 0.271. The van der Waals surface area contributed by atoms with Gasteiger partial charge in [-0.3, -0.25) is 4.68 Å². The van der Waals surface area contributed by atoms with Gasteiger partial charge in [-0.1, -0.05) is 24.4 Å². The summed E-state index contributed by atoms with van der Waals surface area (Å²) >= 11 is 8.47. The van der Waals surface area contributed by atoms with Gasteiger partial charge >= 0.3 is 0 Å². The maximum absolute atomic E-state index is 6.38. The van der Waals surface area contributed by atoms with Crippen LogP contribution in [0.4, 0.5) is 0 Å². The molecule has 1 unspecified atom stereocenters. The summed E-state index contributed by atoms with van der Waals surface area (Å²) < 4.78 is 2.05. The van der Waals surface area contributed by atoms with Crippen molar-refractivity contribution in [2.24, 2.45) is 0 Å². The Balaban J connectivity index is 2.00. The van der Waals surface area contributed by atoms with E-state index in [1.807, 2.05) is 7.05 Å². The Morgan fingerprint density at radius 3 is 2.81 bits per heavy atom. The molecule has 21 heavy (non-hydrogen) atoms. The molecule has 1 saturated carbocycles. The second-order valence-electron chi connectivity index (χ2n) is 5.99. The molecule has 0 bridgehead atoms. The van der Waals surface area contributed by atoms with Crippen LogP contribution in [0.15, 0.2) is 6.20 Å². The molecule has 0 aromatic carbocycles. The Morgan fingerprint density at radius 1 is 1.48 bits per heavy atom. The lowest BCUT2D eigenvalue weighted by Crippen LogP contribution is -2.26. The molecule has 1 fully saturated rings. The van der Waals surface area contributed by atoms with Crippen molar-refractivity contribution >= 4 is 23.4 Å². The SMILES string of the molecule is CNC(CSC1CCCC1)c1c(Cl)cnn1CCN(C)C. The van der Waals surface area contributed by atoms with Crippen molar-refractivity contribution in [2.75, 3.05) is 33.4 Å². The van der Waals surface area contributed by atoms with Crippen molar-refractivity contribution in [1.82, 2.24) is 20.0 Å². The van der Waals surface area contributed by atoms with Gasteiger partial charge in [0.25, 0.3) is 0 Å². The molecule has 0 aliphatic heterocycles. The first-order chi connectivity index (χ1) is 10.1. The molecule has 0 radical (unpaired) electrons. The second-order valence-corrected chi connectivity index (χ2v) is 7.73. The summed E-state index contributed by atoms with van der Waals surface area (Å²) in [6.45, 7) is 1.85. The monoisotopic (exact) mass is 330 g/mol. The van der Waals surface area contributed by atoms with Crippen LogP contribution < -0.4 is 5.32 Å². The lowest BCUT2D eigenvalue weighted by Gasteiger charge is -2.21. The number of rotatable bonds is 8. The average Bonchev–Trinajstić information content (AvgIpc) is 3.08. The van der Waals surface area contributed by atoms with Crippen molar-refractivity contribution in [2.45, 2.75) is 43.5 Å². The summed E-state index contributed by atoms with van der Waals surface area (Å²) in [6.07, 6.45) is 7.30. The maximum atomic E-state index is 6.38. The Bertz CT molecular complexity index is 429. The third-order valence-electron chi connectivity index (χ3n) is 4.07. The first kappa shape index (κ1) is 17.1. The third-order valence-corrected chi connectivity index (χ3v) is 5.83. The lowest BCUT2D eigenvalue weighted by molar-refractivity contribution is 0.365. The second kappa shape index (κ2) is 8.42. The van der Waals surface area contributed by atoms with E-state index in [0.29, 0.717) is 0 Å². The minimum absolute atomic E-state index is 0.271. The largest absolute Gasteiger partial charge is 0.311 e. The van der Waals surface area contributed by atoms with Gasteiger partial charge in [-0.2, -0.15) is 16.9 Å². The summed E-state index contributed by atoms with van der Waals surface area (Å²) in [5.74, 6) is 1.06. The fraction of sp³-hybridized carbons (Fsp3) is 0.800. The molecule has 1 heterocycles. The molecule has 1 aliphatic carbocycles. The predicted octanol–water partition coefficient (Wildman–Crippen LogP) is 3.03. The number of halogens is 1. The van der Waals surface area contributed by atoms with E-state index in [1.54, 1.807) is 6.20 Å². The summed E-state index contributed by atoms with van der Waals surface area (Å²) in [7, 11) is 6.17. The van der Waals surface area contributed by atoms with Crippen LogP contribution in [-0.4, -0.2) is 53.4 Å². The molecule has 1 N–H and O–H groups in total. The highest BCUT2D eigenvalue weighted by Gasteiger charge is 2.22. The van der Waals surface area contributed by atoms with E-state index in [2.05, 4.69) is 45.9 Å². The molecular weight excluding hydrogens is 304 g/mol. The van der Waals surface area contributed by atoms with Gasteiger partial charge < -0.3 is 10.2 Å². The van der Waals surface area contributed by atoms with Crippen LogP contribution in [-0.2, 0) is 6.54 Å². The van der Waals surface area contributed by atoms with Gasteiger partial charge in [0.2, 0.25) is 0 Å². The molecule has 4 nitrogen and oxygen atoms in total. The molecule has 0 amide bonds.